The van der Waals surface area contributed by atoms with Gasteiger partial charge in [-0.3, -0.25) is 0 Å². The van der Waals surface area contributed by atoms with Gasteiger partial charge >= 0.3 is 0 Å². The smallest absolute Gasteiger partial charge is 0.149 e. The van der Waals surface area contributed by atoms with E-state index in [0.29, 0.717) is 12.1 Å². The third-order valence-corrected chi connectivity index (χ3v) is 4.64. The zero-order valence-electron chi connectivity index (χ0n) is 12.0. The Morgan fingerprint density at radius 1 is 1.40 bits per heavy atom. The van der Waals surface area contributed by atoms with Gasteiger partial charge in [0.1, 0.15) is 11.5 Å². The van der Waals surface area contributed by atoms with Crippen LogP contribution in [0.15, 0.2) is 22.7 Å². The van der Waals surface area contributed by atoms with Crippen LogP contribution < -0.4 is 5.73 Å². The number of nitrogens with two attached hydrogens (primary N) is 1. The summed E-state index contributed by atoms with van der Waals surface area (Å²) >= 11 is 3.48. The Balaban J connectivity index is 2.57. The molecule has 3 nitrogen and oxygen atoms in total. The lowest BCUT2D eigenvalue weighted by Gasteiger charge is -2.15. The first-order valence-corrected chi connectivity index (χ1v) is 7.50. The van der Waals surface area contributed by atoms with Crippen molar-refractivity contribution in [2.45, 2.75) is 39.7 Å². The zero-order chi connectivity index (χ0) is 14.9. The minimum absolute atomic E-state index is 0.0240. The molecule has 0 aliphatic heterocycles. The molecular formula is C15H19BrFN3. The predicted molar refractivity (Wildman–Crippen MR) is 82.7 cm³/mol. The summed E-state index contributed by atoms with van der Waals surface area (Å²) in [5, 5.41) is 4.42. The average molecular weight is 340 g/mol. The van der Waals surface area contributed by atoms with E-state index in [1.165, 1.54) is 6.07 Å². The fraction of sp³-hybridized carbons (Fsp3) is 0.400. The Bertz CT molecular complexity index is 622. The van der Waals surface area contributed by atoms with Crippen molar-refractivity contribution in [1.29, 1.82) is 0 Å². The highest BCUT2D eigenvalue weighted by molar-refractivity contribution is 9.10. The van der Waals surface area contributed by atoms with Crippen LogP contribution >= 0.6 is 15.9 Å². The molecule has 2 rings (SSSR count). The molecule has 0 aliphatic rings. The summed E-state index contributed by atoms with van der Waals surface area (Å²) in [5.74, 6) is -0.274. The van der Waals surface area contributed by atoms with Gasteiger partial charge in [0, 0.05) is 6.04 Å². The van der Waals surface area contributed by atoms with E-state index in [-0.39, 0.29) is 11.9 Å². The Hall–Kier alpha value is -1.20. The summed E-state index contributed by atoms with van der Waals surface area (Å²) in [6.07, 6.45) is 1.50. The Morgan fingerprint density at radius 2 is 2.10 bits per heavy atom. The molecule has 0 spiro atoms. The van der Waals surface area contributed by atoms with Crippen LogP contribution in [0.2, 0.25) is 0 Å². The van der Waals surface area contributed by atoms with Crippen molar-refractivity contribution in [3.8, 4) is 5.69 Å². The lowest BCUT2D eigenvalue weighted by molar-refractivity contribution is 0.593. The molecule has 0 fully saturated rings. The van der Waals surface area contributed by atoms with Crippen LogP contribution in [0.1, 0.15) is 30.3 Å². The van der Waals surface area contributed by atoms with Gasteiger partial charge in [-0.2, -0.15) is 5.10 Å². The highest BCUT2D eigenvalue weighted by Crippen LogP contribution is 2.27. The number of hydrogen-bond acceptors (Lipinski definition) is 2. The van der Waals surface area contributed by atoms with Gasteiger partial charge in [0.15, 0.2) is 0 Å². The van der Waals surface area contributed by atoms with Crippen molar-refractivity contribution >= 4 is 15.9 Å². The number of halogens is 2. The van der Waals surface area contributed by atoms with Gasteiger partial charge in [0.05, 0.1) is 15.9 Å². The largest absolute Gasteiger partial charge is 0.327 e. The second-order valence-corrected chi connectivity index (χ2v) is 5.81. The lowest BCUT2D eigenvalue weighted by atomic mass is 10.0. The molecule has 1 heterocycles. The van der Waals surface area contributed by atoms with Crippen molar-refractivity contribution < 1.29 is 4.39 Å². The van der Waals surface area contributed by atoms with Crippen LogP contribution in [0, 0.1) is 19.7 Å². The number of hydrogen-bond donors (Lipinski definition) is 1. The van der Waals surface area contributed by atoms with Crippen molar-refractivity contribution in [2.24, 2.45) is 5.73 Å². The lowest BCUT2D eigenvalue weighted by Crippen LogP contribution is -2.22. The fourth-order valence-corrected chi connectivity index (χ4v) is 2.48. The summed E-state index contributed by atoms with van der Waals surface area (Å²) < 4.78 is 16.9. The van der Waals surface area contributed by atoms with Crippen molar-refractivity contribution in [1.82, 2.24) is 9.78 Å². The van der Waals surface area contributed by atoms with Gasteiger partial charge < -0.3 is 5.73 Å². The van der Waals surface area contributed by atoms with Crippen LogP contribution in [-0.2, 0) is 6.42 Å². The number of aryl methyl sites for hydroxylation is 1. The van der Waals surface area contributed by atoms with Gasteiger partial charge in [-0.15, -0.1) is 0 Å². The number of benzene rings is 1. The summed E-state index contributed by atoms with van der Waals surface area (Å²) in [6, 6.07) is 5.12. The topological polar surface area (TPSA) is 43.8 Å². The second-order valence-electron chi connectivity index (χ2n) is 5.02. The molecule has 108 valence electrons. The molecule has 1 aromatic heterocycles. The Labute approximate surface area is 127 Å². The SMILES string of the molecule is CCC(N)Cc1cccc(F)c1-n1nc(C)c(Br)c1C. The number of rotatable bonds is 4. The van der Waals surface area contributed by atoms with Crippen molar-refractivity contribution in [2.75, 3.05) is 0 Å². The molecule has 1 aromatic carbocycles. The predicted octanol–water partition coefficient (Wildman–Crippen LogP) is 3.67. The first kappa shape index (κ1) is 15.2. The van der Waals surface area contributed by atoms with Gasteiger partial charge in [-0.25, -0.2) is 9.07 Å². The van der Waals surface area contributed by atoms with E-state index < -0.39 is 0 Å². The van der Waals surface area contributed by atoms with Crippen LogP contribution in [0.25, 0.3) is 5.69 Å². The fourth-order valence-electron chi connectivity index (χ4n) is 2.23. The summed E-state index contributed by atoms with van der Waals surface area (Å²) in [5.41, 5.74) is 9.13. The molecular weight excluding hydrogens is 321 g/mol. The zero-order valence-corrected chi connectivity index (χ0v) is 13.5. The molecule has 0 bridgehead atoms. The molecule has 0 saturated heterocycles. The molecule has 0 radical (unpaired) electrons. The molecule has 1 atom stereocenters. The Kier molecular flexibility index (Phi) is 4.60. The summed E-state index contributed by atoms with van der Waals surface area (Å²) in [7, 11) is 0. The molecule has 0 amide bonds. The van der Waals surface area contributed by atoms with E-state index in [2.05, 4.69) is 21.0 Å². The number of para-hydroxylation sites is 1. The molecule has 1 unspecified atom stereocenters. The molecule has 0 saturated carbocycles. The molecule has 2 aromatic rings. The molecule has 5 heteroatoms. The average Bonchev–Trinajstić information content (AvgIpc) is 2.66. The minimum atomic E-state index is -0.274. The maximum absolute atomic E-state index is 14.3. The van der Waals surface area contributed by atoms with Crippen LogP contribution in [0.3, 0.4) is 0 Å². The molecule has 20 heavy (non-hydrogen) atoms. The molecule has 0 aliphatic carbocycles. The van der Waals surface area contributed by atoms with E-state index in [1.54, 1.807) is 10.7 Å². The van der Waals surface area contributed by atoms with Crippen LogP contribution in [0.5, 0.6) is 0 Å². The van der Waals surface area contributed by atoms with Crippen molar-refractivity contribution in [3.63, 3.8) is 0 Å². The second kappa shape index (κ2) is 6.06. The maximum atomic E-state index is 14.3. The van der Waals surface area contributed by atoms with Crippen LogP contribution in [-0.4, -0.2) is 15.8 Å². The highest BCUT2D eigenvalue weighted by Gasteiger charge is 2.18. The number of aromatic nitrogens is 2. The summed E-state index contributed by atoms with van der Waals surface area (Å²) in [6.45, 7) is 5.84. The molecule has 2 N–H and O–H groups in total. The van der Waals surface area contributed by atoms with E-state index in [1.807, 2.05) is 26.8 Å². The Morgan fingerprint density at radius 3 is 2.65 bits per heavy atom. The third-order valence-electron chi connectivity index (χ3n) is 3.49. The van der Waals surface area contributed by atoms with Gasteiger partial charge in [-0.1, -0.05) is 19.1 Å². The van der Waals surface area contributed by atoms with E-state index in [9.17, 15) is 4.39 Å². The summed E-state index contributed by atoms with van der Waals surface area (Å²) in [4.78, 5) is 0. The highest BCUT2D eigenvalue weighted by atomic mass is 79.9. The maximum Gasteiger partial charge on any atom is 0.149 e. The van der Waals surface area contributed by atoms with Gasteiger partial charge in [0.2, 0.25) is 0 Å². The standard InChI is InChI=1S/C15H19BrFN3/c1-4-12(18)8-11-6-5-7-13(17)15(11)20-10(3)14(16)9(2)19-20/h5-7,12H,4,8,18H2,1-3H3. The van der Waals surface area contributed by atoms with Gasteiger partial charge in [0.25, 0.3) is 0 Å². The number of nitrogens with zero attached hydrogens (tertiary/aromatic N) is 2. The minimum Gasteiger partial charge on any atom is -0.327 e. The first-order valence-electron chi connectivity index (χ1n) is 6.70. The van der Waals surface area contributed by atoms with Crippen LogP contribution in [0.4, 0.5) is 4.39 Å². The van der Waals surface area contributed by atoms with Gasteiger partial charge in [-0.05, 0) is 54.2 Å². The van der Waals surface area contributed by atoms with E-state index >= 15 is 0 Å². The monoisotopic (exact) mass is 339 g/mol. The normalized spacial score (nSPS) is 12.7. The van der Waals surface area contributed by atoms with Crippen molar-refractivity contribution in [3.05, 3.63) is 45.4 Å². The van der Waals surface area contributed by atoms with E-state index in [4.69, 9.17) is 5.73 Å². The first-order chi connectivity index (χ1) is 9.45. The van der Waals surface area contributed by atoms with E-state index in [0.717, 1.165) is 27.8 Å². The quantitative estimate of drug-likeness (QED) is 0.923. The third kappa shape index (κ3) is 2.79.